The van der Waals surface area contributed by atoms with E-state index in [1.54, 1.807) is 0 Å². The summed E-state index contributed by atoms with van der Waals surface area (Å²) in [5.74, 6) is 1.01. The third-order valence-corrected chi connectivity index (χ3v) is 3.39. The number of benzene rings is 2. The van der Waals surface area contributed by atoms with Gasteiger partial charge in [0.15, 0.2) is 6.10 Å². The Morgan fingerprint density at radius 2 is 1.62 bits per heavy atom. The molecular formula is C14H11NO. The normalized spacial score (nSPS) is 24.0. The molecule has 1 N–H and O–H groups in total. The maximum atomic E-state index is 5.99. The van der Waals surface area contributed by atoms with Crippen molar-refractivity contribution in [1.29, 1.82) is 0 Å². The molecule has 0 fully saturated rings. The van der Waals surface area contributed by atoms with Crippen molar-refractivity contribution in [2.24, 2.45) is 0 Å². The lowest BCUT2D eigenvalue weighted by Gasteiger charge is -2.08. The molecule has 4 rings (SSSR count). The average molecular weight is 209 g/mol. The number of fused-ring (bicyclic) bond motifs is 5. The highest BCUT2D eigenvalue weighted by atomic mass is 16.5. The third kappa shape index (κ3) is 0.915. The Morgan fingerprint density at radius 3 is 2.56 bits per heavy atom. The molecule has 2 unspecified atom stereocenters. The first-order valence-corrected chi connectivity index (χ1v) is 5.54. The summed E-state index contributed by atoms with van der Waals surface area (Å²) >= 11 is 0. The summed E-state index contributed by atoms with van der Waals surface area (Å²) in [6, 6.07) is 16.9. The van der Waals surface area contributed by atoms with Crippen molar-refractivity contribution < 1.29 is 4.74 Å². The molecule has 0 aromatic heterocycles. The van der Waals surface area contributed by atoms with Crippen LogP contribution in [0.4, 0.5) is 5.69 Å². The molecule has 2 aliphatic heterocycles. The van der Waals surface area contributed by atoms with E-state index in [1.165, 1.54) is 16.8 Å². The summed E-state index contributed by atoms with van der Waals surface area (Å²) in [6.07, 6.45) is 0.147. The molecular weight excluding hydrogens is 198 g/mol. The van der Waals surface area contributed by atoms with Gasteiger partial charge in [0.05, 0.1) is 6.04 Å². The molecule has 2 nitrogen and oxygen atoms in total. The minimum atomic E-state index is 0.147. The second kappa shape index (κ2) is 2.79. The summed E-state index contributed by atoms with van der Waals surface area (Å²) in [7, 11) is 0. The van der Waals surface area contributed by atoms with E-state index in [2.05, 4.69) is 41.7 Å². The predicted octanol–water partition coefficient (Wildman–Crippen LogP) is 3.29. The second-order valence-corrected chi connectivity index (χ2v) is 4.29. The van der Waals surface area contributed by atoms with Gasteiger partial charge >= 0.3 is 0 Å². The van der Waals surface area contributed by atoms with E-state index in [-0.39, 0.29) is 12.1 Å². The van der Waals surface area contributed by atoms with Gasteiger partial charge in [-0.2, -0.15) is 0 Å². The molecule has 2 heteroatoms. The van der Waals surface area contributed by atoms with Gasteiger partial charge in [-0.05, 0) is 12.1 Å². The van der Waals surface area contributed by atoms with Gasteiger partial charge in [-0.1, -0.05) is 36.4 Å². The van der Waals surface area contributed by atoms with Crippen LogP contribution in [-0.4, -0.2) is 0 Å². The van der Waals surface area contributed by atoms with Crippen molar-refractivity contribution in [1.82, 2.24) is 0 Å². The van der Waals surface area contributed by atoms with Crippen LogP contribution in [0.25, 0.3) is 0 Å². The highest BCUT2D eigenvalue weighted by molar-refractivity contribution is 5.63. The Kier molecular flexibility index (Phi) is 1.43. The van der Waals surface area contributed by atoms with Crippen molar-refractivity contribution in [2.45, 2.75) is 12.1 Å². The van der Waals surface area contributed by atoms with Crippen molar-refractivity contribution in [3.05, 3.63) is 59.7 Å². The molecule has 0 saturated carbocycles. The zero-order valence-electron chi connectivity index (χ0n) is 8.68. The first kappa shape index (κ1) is 8.22. The lowest BCUT2D eigenvalue weighted by atomic mass is 10.0. The van der Waals surface area contributed by atoms with Crippen LogP contribution >= 0.6 is 0 Å². The fourth-order valence-corrected chi connectivity index (χ4v) is 2.65. The molecule has 0 aliphatic carbocycles. The summed E-state index contributed by atoms with van der Waals surface area (Å²) in [5, 5.41) is 3.53. The van der Waals surface area contributed by atoms with E-state index in [1.807, 2.05) is 12.1 Å². The van der Waals surface area contributed by atoms with Crippen LogP contribution in [0.15, 0.2) is 48.5 Å². The van der Waals surface area contributed by atoms with E-state index >= 15 is 0 Å². The summed E-state index contributed by atoms with van der Waals surface area (Å²) < 4.78 is 5.99. The Bertz CT molecular complexity index is 513. The van der Waals surface area contributed by atoms with Crippen molar-refractivity contribution in [3.63, 3.8) is 0 Å². The largest absolute Gasteiger partial charge is 0.483 e. The molecule has 78 valence electrons. The number of ether oxygens (including phenoxy) is 1. The van der Waals surface area contributed by atoms with Crippen LogP contribution in [0.3, 0.4) is 0 Å². The number of hydrogen-bond donors (Lipinski definition) is 1. The van der Waals surface area contributed by atoms with E-state index in [0.717, 1.165) is 5.75 Å². The second-order valence-electron chi connectivity index (χ2n) is 4.29. The van der Waals surface area contributed by atoms with Gasteiger partial charge in [-0.15, -0.1) is 0 Å². The molecule has 0 spiro atoms. The monoisotopic (exact) mass is 209 g/mol. The minimum absolute atomic E-state index is 0.147. The number of para-hydroxylation sites is 2. The number of nitrogens with one attached hydrogen (secondary N) is 1. The first-order chi connectivity index (χ1) is 7.93. The SMILES string of the molecule is c1ccc2c(c1)NC1c3ccccc3OC21. The van der Waals surface area contributed by atoms with Gasteiger partial charge in [0, 0.05) is 16.8 Å². The van der Waals surface area contributed by atoms with Crippen LogP contribution in [-0.2, 0) is 0 Å². The molecule has 2 heterocycles. The van der Waals surface area contributed by atoms with E-state index in [4.69, 9.17) is 4.74 Å². The quantitative estimate of drug-likeness (QED) is 0.718. The highest BCUT2D eigenvalue weighted by Crippen LogP contribution is 2.51. The number of hydrogen-bond acceptors (Lipinski definition) is 2. The minimum Gasteiger partial charge on any atom is -0.483 e. The van der Waals surface area contributed by atoms with Gasteiger partial charge in [-0.25, -0.2) is 0 Å². The summed E-state index contributed by atoms with van der Waals surface area (Å²) in [5.41, 5.74) is 3.74. The zero-order valence-corrected chi connectivity index (χ0v) is 8.68. The highest BCUT2D eigenvalue weighted by Gasteiger charge is 2.41. The van der Waals surface area contributed by atoms with Crippen LogP contribution in [0, 0.1) is 0 Å². The summed E-state index contributed by atoms with van der Waals surface area (Å²) in [4.78, 5) is 0. The zero-order chi connectivity index (χ0) is 10.5. The lowest BCUT2D eigenvalue weighted by Crippen LogP contribution is -2.07. The Morgan fingerprint density at radius 1 is 0.875 bits per heavy atom. The molecule has 16 heavy (non-hydrogen) atoms. The van der Waals surface area contributed by atoms with Crippen LogP contribution < -0.4 is 10.1 Å². The van der Waals surface area contributed by atoms with Crippen molar-refractivity contribution >= 4 is 5.69 Å². The Hall–Kier alpha value is -1.96. The average Bonchev–Trinajstić information content (AvgIpc) is 2.85. The van der Waals surface area contributed by atoms with E-state index in [0.29, 0.717) is 0 Å². The maximum absolute atomic E-state index is 5.99. The molecule has 2 atom stereocenters. The van der Waals surface area contributed by atoms with E-state index < -0.39 is 0 Å². The molecule has 0 bridgehead atoms. The first-order valence-electron chi connectivity index (χ1n) is 5.54. The van der Waals surface area contributed by atoms with Gasteiger partial charge < -0.3 is 10.1 Å². The third-order valence-electron chi connectivity index (χ3n) is 3.39. The molecule has 0 amide bonds. The van der Waals surface area contributed by atoms with E-state index in [9.17, 15) is 0 Å². The van der Waals surface area contributed by atoms with Gasteiger partial charge in [0.1, 0.15) is 5.75 Å². The van der Waals surface area contributed by atoms with Crippen molar-refractivity contribution in [3.8, 4) is 5.75 Å². The van der Waals surface area contributed by atoms with Crippen LogP contribution in [0.2, 0.25) is 0 Å². The number of rotatable bonds is 0. The van der Waals surface area contributed by atoms with Gasteiger partial charge in [0.2, 0.25) is 0 Å². The molecule has 0 saturated heterocycles. The maximum Gasteiger partial charge on any atom is 0.150 e. The van der Waals surface area contributed by atoms with Crippen LogP contribution in [0.1, 0.15) is 23.3 Å². The Labute approximate surface area is 93.9 Å². The van der Waals surface area contributed by atoms with Crippen molar-refractivity contribution in [2.75, 3.05) is 5.32 Å². The van der Waals surface area contributed by atoms with Gasteiger partial charge in [-0.3, -0.25) is 0 Å². The molecule has 2 aliphatic rings. The van der Waals surface area contributed by atoms with Crippen LogP contribution in [0.5, 0.6) is 5.75 Å². The number of anilines is 1. The topological polar surface area (TPSA) is 21.3 Å². The molecule has 0 radical (unpaired) electrons. The standard InChI is InChI=1S/C14H11NO/c1-3-7-11-9(5-1)14-13(15-11)10-6-2-4-8-12(10)16-14/h1-8,13-15H. The van der Waals surface area contributed by atoms with Gasteiger partial charge in [0.25, 0.3) is 0 Å². The fraction of sp³-hybridized carbons (Fsp3) is 0.143. The smallest absolute Gasteiger partial charge is 0.150 e. The fourth-order valence-electron chi connectivity index (χ4n) is 2.65. The molecule has 2 aromatic rings. The Balaban J connectivity index is 1.86. The predicted molar refractivity (Wildman–Crippen MR) is 62.6 cm³/mol. The molecule has 2 aromatic carbocycles. The summed E-state index contributed by atoms with van der Waals surface area (Å²) in [6.45, 7) is 0. The lowest BCUT2D eigenvalue weighted by molar-refractivity contribution is 0.228.